The highest BCUT2D eigenvalue weighted by atomic mass is 35.5. The van der Waals surface area contributed by atoms with Crippen LogP contribution in [0.3, 0.4) is 0 Å². The van der Waals surface area contributed by atoms with Gasteiger partial charge in [0, 0.05) is 54.0 Å². The lowest BCUT2D eigenvalue weighted by Gasteiger charge is -2.41. The van der Waals surface area contributed by atoms with Gasteiger partial charge in [0.05, 0.1) is 4.92 Å². The van der Waals surface area contributed by atoms with E-state index in [1.807, 2.05) is 25.7 Å². The number of piperidine rings is 1. The van der Waals surface area contributed by atoms with Crippen molar-refractivity contribution in [2.45, 2.75) is 58.8 Å². The van der Waals surface area contributed by atoms with Gasteiger partial charge in [-0.3, -0.25) is 19.7 Å². The van der Waals surface area contributed by atoms with Crippen LogP contribution in [-0.4, -0.2) is 34.6 Å². The van der Waals surface area contributed by atoms with Crippen LogP contribution in [0.5, 0.6) is 0 Å². The Labute approximate surface area is 192 Å². The van der Waals surface area contributed by atoms with Crippen molar-refractivity contribution in [2.24, 2.45) is 5.41 Å². The molecule has 1 amide bonds. The molecule has 1 saturated heterocycles. The van der Waals surface area contributed by atoms with Crippen molar-refractivity contribution in [2.75, 3.05) is 13.1 Å². The summed E-state index contributed by atoms with van der Waals surface area (Å²) in [6.45, 7) is 7.30. The van der Waals surface area contributed by atoms with Gasteiger partial charge in [-0.1, -0.05) is 31.5 Å². The van der Waals surface area contributed by atoms with Gasteiger partial charge in [-0.05, 0) is 49.7 Å². The number of benzene rings is 1. The highest BCUT2D eigenvalue weighted by Crippen LogP contribution is 2.47. The first-order valence-electron chi connectivity index (χ1n) is 11.1. The van der Waals surface area contributed by atoms with E-state index in [2.05, 4.69) is 5.32 Å². The fourth-order valence-corrected chi connectivity index (χ4v) is 5.36. The Morgan fingerprint density at radius 1 is 1.22 bits per heavy atom. The molecule has 1 aromatic carbocycles. The summed E-state index contributed by atoms with van der Waals surface area (Å²) < 4.78 is 0. The number of nitro groups is 1. The predicted octanol–water partition coefficient (Wildman–Crippen LogP) is 4.86. The lowest BCUT2D eigenvalue weighted by molar-refractivity contribution is -0.384. The molecule has 2 aliphatic heterocycles. The summed E-state index contributed by atoms with van der Waals surface area (Å²) in [6, 6.07) is 4.58. The molecule has 7 nitrogen and oxygen atoms in total. The molecule has 3 aliphatic rings. The number of carbonyl (C=O) groups is 2. The van der Waals surface area contributed by atoms with Crippen LogP contribution < -0.4 is 5.32 Å². The van der Waals surface area contributed by atoms with E-state index in [0.29, 0.717) is 48.3 Å². The number of rotatable bonds is 3. The average Bonchev–Trinajstić information content (AvgIpc) is 2.72. The van der Waals surface area contributed by atoms with Crippen LogP contribution in [0, 0.1) is 15.5 Å². The van der Waals surface area contributed by atoms with Crippen LogP contribution in [0.1, 0.15) is 64.4 Å². The van der Waals surface area contributed by atoms with Crippen molar-refractivity contribution in [1.82, 2.24) is 10.2 Å². The number of amides is 1. The molecule has 32 heavy (non-hydrogen) atoms. The summed E-state index contributed by atoms with van der Waals surface area (Å²) in [6.07, 6.45) is 4.02. The monoisotopic (exact) mass is 457 g/mol. The first kappa shape index (κ1) is 22.5. The Hall–Kier alpha value is -2.67. The maximum absolute atomic E-state index is 13.7. The normalized spacial score (nSPS) is 23.1. The van der Waals surface area contributed by atoms with Crippen molar-refractivity contribution < 1.29 is 14.5 Å². The smallest absolute Gasteiger partial charge is 0.288 e. The summed E-state index contributed by atoms with van der Waals surface area (Å²) in [5.41, 5.74) is 2.67. The summed E-state index contributed by atoms with van der Waals surface area (Å²) in [7, 11) is 0. The van der Waals surface area contributed by atoms with E-state index in [4.69, 9.17) is 11.6 Å². The van der Waals surface area contributed by atoms with E-state index in [9.17, 15) is 19.7 Å². The van der Waals surface area contributed by atoms with Crippen LogP contribution in [0.4, 0.5) is 5.69 Å². The van der Waals surface area contributed by atoms with Crippen LogP contribution in [0.2, 0.25) is 5.02 Å². The van der Waals surface area contributed by atoms with Crippen molar-refractivity contribution in [3.8, 4) is 0 Å². The Morgan fingerprint density at radius 3 is 2.56 bits per heavy atom. The molecule has 0 spiro atoms. The predicted molar refractivity (Wildman–Crippen MR) is 122 cm³/mol. The number of allylic oxidation sites excluding steroid dienone is 3. The summed E-state index contributed by atoms with van der Waals surface area (Å²) in [4.78, 5) is 39.9. The van der Waals surface area contributed by atoms with Crippen LogP contribution >= 0.6 is 11.6 Å². The van der Waals surface area contributed by atoms with Gasteiger partial charge in [0.2, 0.25) is 0 Å². The Kier molecular flexibility index (Phi) is 5.88. The van der Waals surface area contributed by atoms with Gasteiger partial charge in [0.25, 0.3) is 11.6 Å². The van der Waals surface area contributed by atoms with Crippen LogP contribution in [0.25, 0.3) is 0 Å². The average molecular weight is 458 g/mol. The van der Waals surface area contributed by atoms with E-state index in [1.54, 1.807) is 6.07 Å². The maximum atomic E-state index is 13.7. The molecule has 0 unspecified atom stereocenters. The number of ketones is 1. The number of nitrogens with one attached hydrogen (secondary N) is 1. The topological polar surface area (TPSA) is 92.6 Å². The Morgan fingerprint density at radius 2 is 1.91 bits per heavy atom. The molecule has 0 bridgehead atoms. The summed E-state index contributed by atoms with van der Waals surface area (Å²) >= 11 is 6.06. The zero-order valence-corrected chi connectivity index (χ0v) is 19.4. The molecule has 4 rings (SSSR count). The molecule has 1 aromatic rings. The number of carbonyl (C=O) groups excluding carboxylic acids is 2. The zero-order valence-electron chi connectivity index (χ0n) is 18.7. The Bertz CT molecular complexity index is 1070. The summed E-state index contributed by atoms with van der Waals surface area (Å²) in [5.74, 6) is -0.787. The minimum Gasteiger partial charge on any atom is -0.362 e. The van der Waals surface area contributed by atoms with Crippen molar-refractivity contribution in [3.63, 3.8) is 0 Å². The van der Waals surface area contributed by atoms with Gasteiger partial charge >= 0.3 is 0 Å². The highest BCUT2D eigenvalue weighted by molar-refractivity contribution is 6.32. The molecule has 1 fully saturated rings. The number of nitrogens with zero attached hydrogens (tertiary/aromatic N) is 2. The largest absolute Gasteiger partial charge is 0.362 e. The van der Waals surface area contributed by atoms with Gasteiger partial charge in [-0.25, -0.2) is 0 Å². The lowest BCUT2D eigenvalue weighted by Crippen LogP contribution is -2.43. The minimum atomic E-state index is -0.653. The Balaban J connectivity index is 1.88. The van der Waals surface area contributed by atoms with Crippen LogP contribution in [0.15, 0.2) is 40.7 Å². The summed E-state index contributed by atoms with van der Waals surface area (Å²) in [5, 5.41) is 14.9. The van der Waals surface area contributed by atoms with Gasteiger partial charge in [-0.15, -0.1) is 0 Å². The van der Waals surface area contributed by atoms with E-state index < -0.39 is 10.8 Å². The van der Waals surface area contributed by atoms with E-state index in [-0.39, 0.29) is 27.8 Å². The van der Waals surface area contributed by atoms with E-state index in [1.165, 1.54) is 12.1 Å². The molecule has 0 aromatic heterocycles. The molecule has 1 aliphatic carbocycles. The molecule has 170 valence electrons. The minimum absolute atomic E-state index is 0.0252. The van der Waals surface area contributed by atoms with Crippen molar-refractivity contribution >= 4 is 29.0 Å². The highest BCUT2D eigenvalue weighted by Gasteiger charge is 2.44. The molecule has 0 saturated carbocycles. The first-order chi connectivity index (χ1) is 15.1. The lowest BCUT2D eigenvalue weighted by atomic mass is 9.68. The van der Waals surface area contributed by atoms with Gasteiger partial charge in [-0.2, -0.15) is 0 Å². The van der Waals surface area contributed by atoms with Gasteiger partial charge in [0.15, 0.2) is 5.78 Å². The van der Waals surface area contributed by atoms with Crippen molar-refractivity contribution in [3.05, 3.63) is 61.4 Å². The molecule has 1 N–H and O–H groups in total. The van der Waals surface area contributed by atoms with Gasteiger partial charge < -0.3 is 10.2 Å². The third-order valence-electron chi connectivity index (χ3n) is 6.61. The molecule has 2 heterocycles. The standard InChI is InChI=1S/C24H28ClN3O4/c1-14-20(23(30)27-9-5-4-6-10-27)21(15-7-8-16(25)18(11-15)28(31)32)22-17(26-14)12-24(2,3)13-19(22)29/h7-8,11,21,26H,4-6,9-10,12-13H2,1-3H3/t21-/m0/s1. The number of hydrogen-bond acceptors (Lipinski definition) is 5. The molecule has 1 atom stereocenters. The zero-order chi connectivity index (χ0) is 23.2. The maximum Gasteiger partial charge on any atom is 0.288 e. The molecular weight excluding hydrogens is 430 g/mol. The quantitative estimate of drug-likeness (QED) is 0.516. The second kappa shape index (κ2) is 8.35. The number of nitro benzene ring substituents is 1. The first-order valence-corrected chi connectivity index (χ1v) is 11.4. The van der Waals surface area contributed by atoms with E-state index >= 15 is 0 Å². The second-order valence-corrected chi connectivity index (χ2v) is 10.2. The number of Topliss-reactive ketones (excluding diaryl/α,β-unsaturated/α-hetero) is 1. The third kappa shape index (κ3) is 4.06. The number of likely N-dealkylation sites (tertiary alicyclic amines) is 1. The number of dihydropyridines is 1. The van der Waals surface area contributed by atoms with Gasteiger partial charge in [0.1, 0.15) is 5.02 Å². The fourth-order valence-electron chi connectivity index (χ4n) is 5.17. The fraction of sp³-hybridized carbons (Fsp3) is 0.500. The molecule has 0 radical (unpaired) electrons. The van der Waals surface area contributed by atoms with E-state index in [0.717, 1.165) is 25.0 Å². The SMILES string of the molecule is CC1=C(C(=O)N2CCCCC2)[C@H](c2ccc(Cl)c([N+](=O)[O-])c2)C2=C(CC(C)(C)CC2=O)N1. The molecular formula is C24H28ClN3O4. The van der Waals surface area contributed by atoms with Crippen molar-refractivity contribution in [1.29, 1.82) is 0 Å². The third-order valence-corrected chi connectivity index (χ3v) is 6.93. The van der Waals surface area contributed by atoms with Crippen LogP contribution in [-0.2, 0) is 9.59 Å². The number of halogens is 1. The number of hydrogen-bond donors (Lipinski definition) is 1. The molecule has 8 heteroatoms. The second-order valence-electron chi connectivity index (χ2n) is 9.75.